The molecule has 6 heteroatoms. The number of para-hydroxylation sites is 1. The number of aromatic nitrogens is 2. The Morgan fingerprint density at radius 1 is 1.45 bits per heavy atom. The average molecular weight is 338 g/mol. The molecule has 1 N–H and O–H groups in total. The molecule has 1 aromatic carbocycles. The highest BCUT2D eigenvalue weighted by Crippen LogP contribution is 2.16. The number of aryl methyl sites for hydroxylation is 1. The van der Waals surface area contributed by atoms with E-state index < -0.39 is 0 Å². The summed E-state index contributed by atoms with van der Waals surface area (Å²) in [5.74, 6) is 0.463. The van der Waals surface area contributed by atoms with Crippen molar-refractivity contribution in [1.29, 1.82) is 0 Å². The van der Waals surface area contributed by atoms with Crippen LogP contribution in [0, 0.1) is 0 Å². The molecule has 0 aliphatic heterocycles. The van der Waals surface area contributed by atoms with Gasteiger partial charge in [-0.3, -0.25) is 9.48 Å². The molecule has 0 aliphatic carbocycles. The zero-order chi connectivity index (χ0) is 14.4. The summed E-state index contributed by atoms with van der Waals surface area (Å²) >= 11 is 3.34. The van der Waals surface area contributed by atoms with Gasteiger partial charge in [0.25, 0.3) is 5.91 Å². The first kappa shape index (κ1) is 14.6. The molecule has 0 saturated carbocycles. The Kier molecular flexibility index (Phi) is 5.17. The minimum atomic E-state index is -0.121. The summed E-state index contributed by atoms with van der Waals surface area (Å²) in [6, 6.07) is 7.18. The van der Waals surface area contributed by atoms with Crippen LogP contribution in [0.4, 0.5) is 0 Å². The van der Waals surface area contributed by atoms with E-state index in [1.165, 1.54) is 0 Å². The van der Waals surface area contributed by atoms with Gasteiger partial charge in [0.15, 0.2) is 0 Å². The molecule has 1 amide bonds. The molecule has 1 aromatic heterocycles. The van der Waals surface area contributed by atoms with Crippen LogP contribution in [0.1, 0.15) is 16.8 Å². The van der Waals surface area contributed by atoms with Gasteiger partial charge in [-0.2, -0.15) is 5.10 Å². The topological polar surface area (TPSA) is 56.1 Å². The minimum Gasteiger partial charge on any atom is -0.496 e. The van der Waals surface area contributed by atoms with E-state index in [4.69, 9.17) is 4.74 Å². The second kappa shape index (κ2) is 7.09. The van der Waals surface area contributed by atoms with E-state index in [-0.39, 0.29) is 5.91 Å². The molecule has 0 atom stereocenters. The van der Waals surface area contributed by atoms with Crippen molar-refractivity contribution in [2.75, 3.05) is 13.7 Å². The van der Waals surface area contributed by atoms with E-state index in [0.717, 1.165) is 17.4 Å². The van der Waals surface area contributed by atoms with Crippen LogP contribution in [0.5, 0.6) is 5.75 Å². The Hall–Kier alpha value is -1.82. The molecule has 0 saturated heterocycles. The summed E-state index contributed by atoms with van der Waals surface area (Å²) in [6.07, 6.45) is 4.46. The quantitative estimate of drug-likeness (QED) is 0.824. The predicted molar refractivity (Wildman–Crippen MR) is 79.9 cm³/mol. The third kappa shape index (κ3) is 3.84. The van der Waals surface area contributed by atoms with Gasteiger partial charge in [-0.05, 0) is 34.5 Å². The van der Waals surface area contributed by atoms with E-state index in [0.29, 0.717) is 17.9 Å². The highest BCUT2D eigenvalue weighted by molar-refractivity contribution is 9.10. The molecule has 106 valence electrons. The lowest BCUT2D eigenvalue weighted by Gasteiger charge is -2.09. The van der Waals surface area contributed by atoms with Crippen molar-refractivity contribution in [2.24, 2.45) is 0 Å². The van der Waals surface area contributed by atoms with E-state index in [1.807, 2.05) is 23.0 Å². The number of nitrogens with one attached hydrogen (secondary N) is 1. The van der Waals surface area contributed by atoms with Crippen molar-refractivity contribution in [2.45, 2.75) is 13.0 Å². The third-order valence-corrected chi connectivity index (χ3v) is 3.21. The fraction of sp³-hybridized carbons (Fsp3) is 0.286. The van der Waals surface area contributed by atoms with Crippen molar-refractivity contribution in [3.8, 4) is 5.75 Å². The number of carbonyl (C=O) groups is 1. The number of methoxy groups -OCH3 is 1. The number of rotatable bonds is 6. The maximum atomic E-state index is 12.0. The van der Waals surface area contributed by atoms with Crippen molar-refractivity contribution in [3.63, 3.8) is 0 Å². The Morgan fingerprint density at radius 3 is 2.95 bits per heavy atom. The molecular weight excluding hydrogens is 322 g/mol. The van der Waals surface area contributed by atoms with Gasteiger partial charge in [-0.15, -0.1) is 0 Å². The first-order valence-corrected chi connectivity index (χ1v) is 7.09. The zero-order valence-corrected chi connectivity index (χ0v) is 12.8. The van der Waals surface area contributed by atoms with Crippen LogP contribution in [0.25, 0.3) is 0 Å². The Morgan fingerprint density at radius 2 is 2.25 bits per heavy atom. The Balaban J connectivity index is 1.80. The number of ether oxygens (including phenoxy) is 1. The second-order valence-electron chi connectivity index (χ2n) is 4.23. The molecule has 2 aromatic rings. The van der Waals surface area contributed by atoms with Crippen LogP contribution in [-0.4, -0.2) is 29.3 Å². The van der Waals surface area contributed by atoms with Gasteiger partial charge in [0, 0.05) is 19.3 Å². The number of nitrogens with zero attached hydrogens (tertiary/aromatic N) is 2. The van der Waals surface area contributed by atoms with E-state index >= 15 is 0 Å². The van der Waals surface area contributed by atoms with Crippen molar-refractivity contribution < 1.29 is 9.53 Å². The molecule has 5 nitrogen and oxygen atoms in total. The summed E-state index contributed by atoms with van der Waals surface area (Å²) in [7, 11) is 1.56. The van der Waals surface area contributed by atoms with Crippen LogP contribution in [0.3, 0.4) is 0 Å². The zero-order valence-electron chi connectivity index (χ0n) is 11.2. The minimum absolute atomic E-state index is 0.121. The molecule has 1 heterocycles. The molecule has 0 aliphatic rings. The molecule has 0 fully saturated rings. The van der Waals surface area contributed by atoms with Crippen LogP contribution >= 0.6 is 15.9 Å². The average Bonchev–Trinajstić information content (AvgIpc) is 2.89. The number of halogens is 1. The van der Waals surface area contributed by atoms with E-state index in [2.05, 4.69) is 26.3 Å². The van der Waals surface area contributed by atoms with Crippen LogP contribution in [-0.2, 0) is 6.54 Å². The van der Waals surface area contributed by atoms with Crippen LogP contribution in [0.15, 0.2) is 41.1 Å². The normalized spacial score (nSPS) is 10.3. The molecule has 2 rings (SSSR count). The van der Waals surface area contributed by atoms with Crippen molar-refractivity contribution in [3.05, 3.63) is 46.7 Å². The number of amides is 1. The fourth-order valence-corrected chi connectivity index (χ4v) is 2.16. The van der Waals surface area contributed by atoms with Crippen LogP contribution < -0.4 is 10.1 Å². The highest BCUT2D eigenvalue weighted by Gasteiger charge is 2.10. The van der Waals surface area contributed by atoms with Gasteiger partial charge < -0.3 is 10.1 Å². The SMILES string of the molecule is COc1ccccc1C(=O)NCCCn1cc(Br)cn1. The van der Waals surface area contributed by atoms with Gasteiger partial charge in [0.2, 0.25) is 0 Å². The van der Waals surface area contributed by atoms with Gasteiger partial charge in [0.05, 0.1) is 23.3 Å². The Bertz CT molecular complexity index is 583. The largest absolute Gasteiger partial charge is 0.496 e. The molecule has 0 unspecified atom stereocenters. The first-order chi connectivity index (χ1) is 9.70. The Labute approximate surface area is 126 Å². The lowest BCUT2D eigenvalue weighted by molar-refractivity contribution is 0.0949. The van der Waals surface area contributed by atoms with Crippen molar-refractivity contribution >= 4 is 21.8 Å². The van der Waals surface area contributed by atoms with Gasteiger partial charge in [-0.25, -0.2) is 0 Å². The van der Waals surface area contributed by atoms with Crippen molar-refractivity contribution in [1.82, 2.24) is 15.1 Å². The lowest BCUT2D eigenvalue weighted by Crippen LogP contribution is -2.25. The molecule has 0 radical (unpaired) electrons. The summed E-state index contributed by atoms with van der Waals surface area (Å²) in [6.45, 7) is 1.35. The standard InChI is InChI=1S/C14H16BrN3O2/c1-20-13-6-3-2-5-12(13)14(19)16-7-4-8-18-10-11(15)9-17-18/h2-3,5-6,9-10H,4,7-8H2,1H3,(H,16,19). The lowest BCUT2D eigenvalue weighted by atomic mass is 10.2. The van der Waals surface area contributed by atoms with E-state index in [1.54, 1.807) is 25.4 Å². The summed E-state index contributed by atoms with van der Waals surface area (Å²) < 4.78 is 7.95. The monoisotopic (exact) mass is 337 g/mol. The summed E-state index contributed by atoms with van der Waals surface area (Å²) in [5, 5.41) is 7.03. The van der Waals surface area contributed by atoms with Crippen LogP contribution in [0.2, 0.25) is 0 Å². The molecule has 0 spiro atoms. The smallest absolute Gasteiger partial charge is 0.255 e. The van der Waals surface area contributed by atoms with Gasteiger partial charge in [-0.1, -0.05) is 12.1 Å². The van der Waals surface area contributed by atoms with Gasteiger partial charge >= 0.3 is 0 Å². The number of carbonyl (C=O) groups excluding carboxylic acids is 1. The predicted octanol–water partition coefficient (Wildman–Crippen LogP) is 2.47. The first-order valence-electron chi connectivity index (χ1n) is 6.30. The number of hydrogen-bond donors (Lipinski definition) is 1. The molecular formula is C14H16BrN3O2. The number of benzene rings is 1. The van der Waals surface area contributed by atoms with E-state index in [9.17, 15) is 4.79 Å². The maximum Gasteiger partial charge on any atom is 0.255 e. The number of hydrogen-bond acceptors (Lipinski definition) is 3. The second-order valence-corrected chi connectivity index (χ2v) is 5.15. The highest BCUT2D eigenvalue weighted by atomic mass is 79.9. The van der Waals surface area contributed by atoms with Gasteiger partial charge in [0.1, 0.15) is 5.75 Å². The maximum absolute atomic E-state index is 12.0. The fourth-order valence-electron chi connectivity index (χ4n) is 1.83. The molecule has 20 heavy (non-hydrogen) atoms. The summed E-state index contributed by atoms with van der Waals surface area (Å²) in [5.41, 5.74) is 0.553. The summed E-state index contributed by atoms with van der Waals surface area (Å²) in [4.78, 5) is 12.0. The molecule has 0 bridgehead atoms. The third-order valence-electron chi connectivity index (χ3n) is 2.80.